The number of sulfonamides is 1. The fourth-order valence-electron chi connectivity index (χ4n) is 1.68. The van der Waals surface area contributed by atoms with Gasteiger partial charge in [-0.25, -0.2) is 13.1 Å². The van der Waals surface area contributed by atoms with Crippen LogP contribution in [0.2, 0.25) is 0 Å². The number of aliphatic hydroxyl groups is 1. The molecule has 0 aromatic heterocycles. The van der Waals surface area contributed by atoms with Crippen molar-refractivity contribution in [2.75, 3.05) is 19.8 Å². The van der Waals surface area contributed by atoms with Crippen molar-refractivity contribution in [3.05, 3.63) is 24.3 Å². The van der Waals surface area contributed by atoms with Crippen LogP contribution in [0.4, 0.5) is 0 Å². The van der Waals surface area contributed by atoms with E-state index in [1.54, 1.807) is 20.8 Å². The Hall–Kier alpha value is -1.64. The largest absolute Gasteiger partial charge is 0.484 e. The molecule has 8 heteroatoms. The zero-order chi connectivity index (χ0) is 17.5. The van der Waals surface area contributed by atoms with Crippen LogP contribution in [0.1, 0.15) is 27.2 Å². The van der Waals surface area contributed by atoms with Gasteiger partial charge in [0.15, 0.2) is 6.61 Å². The van der Waals surface area contributed by atoms with E-state index in [2.05, 4.69) is 10.0 Å². The molecule has 0 atom stereocenters. The summed E-state index contributed by atoms with van der Waals surface area (Å²) in [5.41, 5.74) is -0.569. The van der Waals surface area contributed by atoms with E-state index in [9.17, 15) is 13.2 Å². The van der Waals surface area contributed by atoms with Gasteiger partial charge in [-0.05, 0) is 51.5 Å². The van der Waals surface area contributed by atoms with Gasteiger partial charge < -0.3 is 15.2 Å². The molecule has 1 amide bonds. The molecule has 23 heavy (non-hydrogen) atoms. The minimum absolute atomic E-state index is 0.0136. The molecule has 0 saturated carbocycles. The first-order chi connectivity index (χ1) is 10.6. The second-order valence-electron chi connectivity index (χ2n) is 6.04. The average Bonchev–Trinajstić information content (AvgIpc) is 2.43. The number of ether oxygens (including phenoxy) is 1. The molecule has 7 nitrogen and oxygen atoms in total. The molecule has 1 rings (SSSR count). The molecule has 3 N–H and O–H groups in total. The number of carbonyl (C=O) groups is 1. The smallest absolute Gasteiger partial charge is 0.257 e. The molecule has 0 aliphatic carbocycles. The van der Waals surface area contributed by atoms with Crippen molar-refractivity contribution in [3.8, 4) is 5.75 Å². The molecule has 0 aliphatic rings. The fourth-order valence-corrected chi connectivity index (χ4v) is 3.10. The molecule has 0 saturated heterocycles. The normalized spacial score (nSPS) is 12.0. The highest BCUT2D eigenvalue weighted by molar-refractivity contribution is 7.89. The number of hydrogen-bond donors (Lipinski definition) is 3. The topological polar surface area (TPSA) is 105 Å². The molecule has 1 aromatic rings. The number of aliphatic hydroxyl groups excluding tert-OH is 1. The summed E-state index contributed by atoms with van der Waals surface area (Å²) in [5.74, 6) is 0.0987. The molecule has 1 aromatic carbocycles. The Morgan fingerprint density at radius 3 is 2.35 bits per heavy atom. The number of amides is 1. The Labute approximate surface area is 137 Å². The van der Waals surface area contributed by atoms with E-state index < -0.39 is 15.6 Å². The lowest BCUT2D eigenvalue weighted by Crippen LogP contribution is -2.40. The van der Waals surface area contributed by atoms with Crippen molar-refractivity contribution >= 4 is 15.9 Å². The molecule has 0 fully saturated rings. The van der Waals surface area contributed by atoms with Gasteiger partial charge >= 0.3 is 0 Å². The first-order valence-corrected chi connectivity index (χ1v) is 8.77. The number of carbonyl (C=O) groups excluding carboxylic acids is 1. The van der Waals surface area contributed by atoms with Crippen LogP contribution in [0.25, 0.3) is 0 Å². The minimum Gasteiger partial charge on any atom is -0.484 e. The van der Waals surface area contributed by atoms with Crippen molar-refractivity contribution in [1.29, 1.82) is 0 Å². The summed E-state index contributed by atoms with van der Waals surface area (Å²) in [4.78, 5) is 11.6. The quantitative estimate of drug-likeness (QED) is 0.600. The third kappa shape index (κ3) is 7.45. The molecular formula is C15H24N2O5S. The van der Waals surface area contributed by atoms with Crippen LogP contribution in [0.3, 0.4) is 0 Å². The second-order valence-corrected chi connectivity index (χ2v) is 7.73. The summed E-state index contributed by atoms with van der Waals surface area (Å²) in [6, 6.07) is 5.84. The summed E-state index contributed by atoms with van der Waals surface area (Å²) in [6.07, 6.45) is 0.485. The van der Waals surface area contributed by atoms with Crippen LogP contribution in [0.15, 0.2) is 29.2 Å². The molecule has 0 aliphatic heterocycles. The molecule has 0 unspecified atom stereocenters. The molecule has 0 radical (unpaired) electrons. The van der Waals surface area contributed by atoms with Crippen LogP contribution >= 0.6 is 0 Å². The van der Waals surface area contributed by atoms with Gasteiger partial charge in [-0.3, -0.25) is 4.79 Å². The predicted molar refractivity (Wildman–Crippen MR) is 86.7 cm³/mol. The van der Waals surface area contributed by atoms with Gasteiger partial charge in [-0.15, -0.1) is 0 Å². The zero-order valence-corrected chi connectivity index (χ0v) is 14.4. The second kappa shape index (κ2) is 8.28. The summed E-state index contributed by atoms with van der Waals surface area (Å²) in [6.45, 7) is 5.51. The summed E-state index contributed by atoms with van der Waals surface area (Å²) < 4.78 is 32.1. The SMILES string of the molecule is CC(C)(C)NS(=O)(=O)c1ccc(OCC(=O)NCCCO)cc1. The van der Waals surface area contributed by atoms with Gasteiger partial charge in [0.05, 0.1) is 4.90 Å². The Morgan fingerprint density at radius 1 is 1.22 bits per heavy atom. The van der Waals surface area contributed by atoms with Crippen LogP contribution in [0, 0.1) is 0 Å². The van der Waals surface area contributed by atoms with Crippen molar-refractivity contribution in [2.45, 2.75) is 37.6 Å². The van der Waals surface area contributed by atoms with E-state index in [4.69, 9.17) is 9.84 Å². The maximum absolute atomic E-state index is 12.1. The van der Waals surface area contributed by atoms with E-state index in [0.717, 1.165) is 0 Å². The summed E-state index contributed by atoms with van der Waals surface area (Å²) in [5, 5.41) is 11.2. The van der Waals surface area contributed by atoms with Crippen LogP contribution < -0.4 is 14.8 Å². The maximum atomic E-state index is 12.1. The van der Waals surface area contributed by atoms with Gasteiger partial charge in [0.1, 0.15) is 5.75 Å². The van der Waals surface area contributed by atoms with Crippen LogP contribution in [0.5, 0.6) is 5.75 Å². The third-order valence-corrected chi connectivity index (χ3v) is 4.38. The van der Waals surface area contributed by atoms with Crippen molar-refractivity contribution in [1.82, 2.24) is 10.0 Å². The third-order valence-electron chi connectivity index (χ3n) is 2.60. The molecule has 130 valence electrons. The van der Waals surface area contributed by atoms with Crippen molar-refractivity contribution in [2.24, 2.45) is 0 Å². The number of nitrogens with one attached hydrogen (secondary N) is 2. The first-order valence-electron chi connectivity index (χ1n) is 7.28. The van der Waals surface area contributed by atoms with Crippen molar-refractivity contribution < 1.29 is 23.1 Å². The van der Waals surface area contributed by atoms with Crippen LogP contribution in [-0.2, 0) is 14.8 Å². The Morgan fingerprint density at radius 2 is 1.83 bits per heavy atom. The van der Waals surface area contributed by atoms with Gasteiger partial charge in [0.2, 0.25) is 10.0 Å². The average molecular weight is 344 g/mol. The van der Waals surface area contributed by atoms with E-state index >= 15 is 0 Å². The van der Waals surface area contributed by atoms with Gasteiger partial charge in [-0.2, -0.15) is 0 Å². The van der Waals surface area contributed by atoms with E-state index in [0.29, 0.717) is 18.7 Å². The molecular weight excluding hydrogens is 320 g/mol. The highest BCUT2D eigenvalue weighted by Crippen LogP contribution is 2.17. The van der Waals surface area contributed by atoms with Gasteiger partial charge in [0.25, 0.3) is 5.91 Å². The minimum atomic E-state index is -3.59. The predicted octanol–water partition coefficient (Wildman–Crippen LogP) is 0.641. The monoisotopic (exact) mass is 344 g/mol. The Bertz CT molecular complexity index is 606. The van der Waals surface area contributed by atoms with Gasteiger partial charge in [0, 0.05) is 18.7 Å². The lowest BCUT2D eigenvalue weighted by molar-refractivity contribution is -0.123. The lowest BCUT2D eigenvalue weighted by atomic mass is 10.1. The number of rotatable bonds is 8. The number of benzene rings is 1. The highest BCUT2D eigenvalue weighted by Gasteiger charge is 2.21. The highest BCUT2D eigenvalue weighted by atomic mass is 32.2. The van der Waals surface area contributed by atoms with Gasteiger partial charge in [-0.1, -0.05) is 0 Å². The Balaban J connectivity index is 2.58. The standard InChI is InChI=1S/C15H24N2O5S/c1-15(2,3)17-23(20,21)13-7-5-12(6-8-13)22-11-14(19)16-9-4-10-18/h5-8,17-18H,4,9-11H2,1-3H3,(H,16,19). The summed E-state index contributed by atoms with van der Waals surface area (Å²) in [7, 11) is -3.59. The molecule has 0 bridgehead atoms. The van der Waals surface area contributed by atoms with E-state index in [1.807, 2.05) is 0 Å². The summed E-state index contributed by atoms with van der Waals surface area (Å²) >= 11 is 0. The first kappa shape index (κ1) is 19.4. The van der Waals surface area contributed by atoms with Crippen LogP contribution in [-0.4, -0.2) is 44.7 Å². The molecule has 0 spiro atoms. The Kier molecular flexibility index (Phi) is 6.99. The molecule has 0 heterocycles. The zero-order valence-electron chi connectivity index (χ0n) is 13.6. The van der Waals surface area contributed by atoms with E-state index in [-0.39, 0.29) is 24.0 Å². The van der Waals surface area contributed by atoms with Crippen molar-refractivity contribution in [3.63, 3.8) is 0 Å². The van der Waals surface area contributed by atoms with E-state index in [1.165, 1.54) is 24.3 Å². The fraction of sp³-hybridized carbons (Fsp3) is 0.533. The number of hydrogen-bond acceptors (Lipinski definition) is 5. The maximum Gasteiger partial charge on any atom is 0.257 e. The lowest BCUT2D eigenvalue weighted by Gasteiger charge is -2.20.